The van der Waals surface area contributed by atoms with E-state index in [2.05, 4.69) is 0 Å². The maximum Gasteiger partial charge on any atom is 0.379 e. The lowest BCUT2D eigenvalue weighted by atomic mass is 9.67. The molecule has 0 aromatic heterocycles. The largest absolute Gasteiger partial charge is 0.379 e. The van der Waals surface area contributed by atoms with Crippen molar-refractivity contribution in [2.45, 2.75) is 23.4 Å². The zero-order valence-electron chi connectivity index (χ0n) is 7.78. The molecular formula is C8F10. The van der Waals surface area contributed by atoms with E-state index in [4.69, 9.17) is 0 Å². The van der Waals surface area contributed by atoms with E-state index in [9.17, 15) is 43.9 Å². The van der Waals surface area contributed by atoms with Gasteiger partial charge in [0.25, 0.3) is 11.7 Å². The van der Waals surface area contributed by atoms with Gasteiger partial charge in [-0.25, -0.2) is 8.78 Å². The summed E-state index contributed by atoms with van der Waals surface area (Å²) >= 11 is 0. The SMILES string of the molecule is FC(F)=C1C(F)=C1C1(F)C(F)(F)C(F)(F)C1(F)F. The van der Waals surface area contributed by atoms with E-state index < -0.39 is 46.5 Å². The molecule has 0 nitrogen and oxygen atoms in total. The first kappa shape index (κ1) is 13.2. The van der Waals surface area contributed by atoms with E-state index >= 15 is 0 Å². The fraction of sp³-hybridized carbons (Fsp3) is 0.500. The van der Waals surface area contributed by atoms with Crippen LogP contribution in [0.3, 0.4) is 0 Å². The van der Waals surface area contributed by atoms with E-state index in [-0.39, 0.29) is 0 Å². The molecule has 0 radical (unpaired) electrons. The lowest BCUT2D eigenvalue weighted by molar-refractivity contribution is -0.460. The van der Waals surface area contributed by atoms with Crippen molar-refractivity contribution in [1.29, 1.82) is 0 Å². The van der Waals surface area contributed by atoms with Crippen LogP contribution in [0.2, 0.25) is 0 Å². The van der Waals surface area contributed by atoms with Crippen LogP contribution in [0.1, 0.15) is 0 Å². The maximum atomic E-state index is 13.4. The van der Waals surface area contributed by atoms with Crippen molar-refractivity contribution in [3.8, 4) is 0 Å². The lowest BCUT2D eigenvalue weighted by Crippen LogP contribution is -2.84. The number of hydrogen-bond donors (Lipinski definition) is 0. The van der Waals surface area contributed by atoms with Crippen molar-refractivity contribution < 1.29 is 43.9 Å². The van der Waals surface area contributed by atoms with Gasteiger partial charge in [0, 0.05) is 0 Å². The summed E-state index contributed by atoms with van der Waals surface area (Å²) in [6.45, 7) is 0. The molecule has 0 unspecified atom stereocenters. The first-order chi connectivity index (χ1) is 7.85. The van der Waals surface area contributed by atoms with Gasteiger partial charge in [0.1, 0.15) is 5.83 Å². The topological polar surface area (TPSA) is 0 Å². The van der Waals surface area contributed by atoms with Gasteiger partial charge in [-0.3, -0.25) is 0 Å². The van der Waals surface area contributed by atoms with Crippen molar-refractivity contribution in [2.75, 3.05) is 0 Å². The molecule has 0 bridgehead atoms. The fourth-order valence-corrected chi connectivity index (χ4v) is 1.74. The monoisotopic (exact) mass is 286 g/mol. The highest BCUT2D eigenvalue weighted by Gasteiger charge is 3.02. The standard InChI is InChI=1S/C8F10/c9-3-1(4(10)11)2(3)5(12)6(13,14)8(17,18)7(5,15)16. The van der Waals surface area contributed by atoms with Gasteiger partial charge in [-0.05, 0) is 0 Å². The number of allylic oxidation sites excluding steroid dienone is 3. The molecule has 1 saturated carbocycles. The van der Waals surface area contributed by atoms with Crippen LogP contribution in [0.25, 0.3) is 0 Å². The lowest BCUT2D eigenvalue weighted by Gasteiger charge is -2.53. The molecule has 0 amide bonds. The summed E-state index contributed by atoms with van der Waals surface area (Å²) in [5.74, 6) is -20.4. The highest BCUT2D eigenvalue weighted by molar-refractivity contribution is 5.71. The van der Waals surface area contributed by atoms with Crippen molar-refractivity contribution in [2.24, 2.45) is 0 Å². The van der Waals surface area contributed by atoms with Crippen molar-refractivity contribution in [3.63, 3.8) is 0 Å². The molecule has 10 heteroatoms. The van der Waals surface area contributed by atoms with Gasteiger partial charge in [-0.15, -0.1) is 0 Å². The van der Waals surface area contributed by atoms with Crippen LogP contribution in [0.4, 0.5) is 43.9 Å². The number of alkyl halides is 7. The van der Waals surface area contributed by atoms with E-state index in [1.54, 1.807) is 0 Å². The van der Waals surface area contributed by atoms with Gasteiger partial charge in [-0.1, -0.05) is 0 Å². The average molecular weight is 286 g/mol. The second-order valence-corrected chi connectivity index (χ2v) is 3.71. The molecule has 0 N–H and O–H groups in total. The molecule has 2 aliphatic carbocycles. The third-order valence-corrected chi connectivity index (χ3v) is 2.81. The summed E-state index contributed by atoms with van der Waals surface area (Å²) in [4.78, 5) is 0. The summed E-state index contributed by atoms with van der Waals surface area (Å²) in [5, 5.41) is 0. The molecule has 0 aromatic carbocycles. The highest BCUT2D eigenvalue weighted by Crippen LogP contribution is 2.75. The summed E-state index contributed by atoms with van der Waals surface area (Å²) in [6.07, 6.45) is -3.04. The van der Waals surface area contributed by atoms with Gasteiger partial charge < -0.3 is 0 Å². The highest BCUT2D eigenvalue weighted by atomic mass is 19.4. The molecule has 1 fully saturated rings. The molecule has 0 atom stereocenters. The number of hydrogen-bond acceptors (Lipinski definition) is 0. The first-order valence-electron chi connectivity index (χ1n) is 4.14. The van der Waals surface area contributed by atoms with Crippen molar-refractivity contribution in [3.05, 3.63) is 23.1 Å². The minimum atomic E-state index is -6.08. The molecule has 0 aromatic rings. The Morgan fingerprint density at radius 1 is 0.722 bits per heavy atom. The van der Waals surface area contributed by atoms with Crippen LogP contribution in [0, 0.1) is 0 Å². The summed E-state index contributed by atoms with van der Waals surface area (Å²) < 4.78 is 125. The minimum absolute atomic E-state index is 2.09. The molecule has 102 valence electrons. The van der Waals surface area contributed by atoms with Crippen LogP contribution < -0.4 is 0 Å². The van der Waals surface area contributed by atoms with Crippen LogP contribution in [-0.2, 0) is 0 Å². The Hall–Kier alpha value is -1.22. The molecular weight excluding hydrogens is 286 g/mol. The zero-order chi connectivity index (χ0) is 14.3. The molecule has 2 rings (SSSR count). The average Bonchev–Trinajstić information content (AvgIpc) is 2.87. The Kier molecular flexibility index (Phi) is 2.09. The quantitative estimate of drug-likeness (QED) is 0.639. The van der Waals surface area contributed by atoms with Gasteiger partial charge in [0.15, 0.2) is 0 Å². The zero-order valence-corrected chi connectivity index (χ0v) is 7.78. The Balaban J connectivity index is 2.56. The minimum Gasteiger partial charge on any atom is -0.224 e. The third kappa shape index (κ3) is 0.935. The Labute approximate surface area is 91.6 Å². The Bertz CT molecular complexity index is 474. The van der Waals surface area contributed by atoms with E-state index in [0.717, 1.165) is 0 Å². The summed E-state index contributed by atoms with van der Waals surface area (Å²) in [5.41, 5.74) is -9.96. The van der Waals surface area contributed by atoms with Gasteiger partial charge in [0.2, 0.25) is 0 Å². The van der Waals surface area contributed by atoms with Crippen LogP contribution in [0.5, 0.6) is 0 Å². The van der Waals surface area contributed by atoms with E-state index in [0.29, 0.717) is 0 Å². The van der Waals surface area contributed by atoms with Gasteiger partial charge >= 0.3 is 17.8 Å². The fourth-order valence-electron chi connectivity index (χ4n) is 1.74. The van der Waals surface area contributed by atoms with Crippen LogP contribution in [-0.4, -0.2) is 23.4 Å². The molecule has 0 saturated heterocycles. The molecule has 0 spiro atoms. The smallest absolute Gasteiger partial charge is 0.224 e. The van der Waals surface area contributed by atoms with Crippen LogP contribution in [0.15, 0.2) is 23.1 Å². The second kappa shape index (κ2) is 2.85. The van der Waals surface area contributed by atoms with Crippen LogP contribution >= 0.6 is 0 Å². The summed E-state index contributed by atoms with van der Waals surface area (Å²) in [7, 11) is 0. The van der Waals surface area contributed by atoms with Gasteiger partial charge in [-0.2, -0.15) is 35.1 Å². The van der Waals surface area contributed by atoms with Crippen molar-refractivity contribution in [1.82, 2.24) is 0 Å². The first-order valence-corrected chi connectivity index (χ1v) is 4.14. The van der Waals surface area contributed by atoms with Gasteiger partial charge in [0.05, 0.1) is 11.1 Å². The molecule has 0 aliphatic heterocycles. The van der Waals surface area contributed by atoms with Crippen molar-refractivity contribution >= 4 is 0 Å². The Morgan fingerprint density at radius 2 is 1.11 bits per heavy atom. The third-order valence-electron chi connectivity index (χ3n) is 2.81. The maximum absolute atomic E-state index is 13.4. The summed E-state index contributed by atoms with van der Waals surface area (Å²) in [6, 6.07) is 0. The molecule has 18 heavy (non-hydrogen) atoms. The number of halogens is 10. The van der Waals surface area contributed by atoms with E-state index in [1.807, 2.05) is 0 Å². The number of rotatable bonds is 1. The predicted octanol–water partition coefficient (Wildman–Crippen LogP) is 4.00. The molecule has 2 aliphatic rings. The normalized spacial score (nSPS) is 30.0. The Morgan fingerprint density at radius 3 is 1.39 bits per heavy atom. The predicted molar refractivity (Wildman–Crippen MR) is 36.1 cm³/mol. The second-order valence-electron chi connectivity index (χ2n) is 3.71. The molecule has 0 heterocycles. The van der Waals surface area contributed by atoms with E-state index in [1.165, 1.54) is 0 Å².